The van der Waals surface area contributed by atoms with E-state index in [9.17, 15) is 4.79 Å². The van der Waals surface area contributed by atoms with Crippen molar-refractivity contribution in [1.29, 1.82) is 0 Å². The second-order valence-electron chi connectivity index (χ2n) is 8.52. The Bertz CT molecular complexity index is 1060. The van der Waals surface area contributed by atoms with Crippen LogP contribution < -0.4 is 15.5 Å². The van der Waals surface area contributed by atoms with Gasteiger partial charge in [0.2, 0.25) is 0 Å². The summed E-state index contributed by atoms with van der Waals surface area (Å²) in [7, 11) is 4.14. The minimum atomic E-state index is -0.00173. The monoisotopic (exact) mass is 480 g/mol. The number of pyridine rings is 1. The fourth-order valence-electron chi connectivity index (χ4n) is 4.29. The molecule has 0 aliphatic heterocycles. The molecule has 0 spiro atoms. The molecule has 0 saturated heterocycles. The average molecular weight is 481 g/mol. The van der Waals surface area contributed by atoms with Crippen LogP contribution in [0.4, 0.5) is 11.5 Å². The first kappa shape index (κ1) is 21.6. The highest BCUT2D eigenvalue weighted by molar-refractivity contribution is 9.10. The smallest absolute Gasteiger partial charge is 0.251 e. The topological polar surface area (TPSA) is 57.3 Å². The van der Waals surface area contributed by atoms with E-state index >= 15 is 0 Å². The molecule has 1 heterocycles. The molecule has 2 aromatic carbocycles. The molecule has 0 unspecified atom stereocenters. The van der Waals surface area contributed by atoms with E-state index in [1.807, 2.05) is 30.3 Å². The normalized spacial score (nSPS) is 18.5. The van der Waals surface area contributed by atoms with Crippen LogP contribution in [0.3, 0.4) is 0 Å². The van der Waals surface area contributed by atoms with E-state index in [0.717, 1.165) is 48.0 Å². The highest BCUT2D eigenvalue weighted by Gasteiger charge is 2.22. The summed E-state index contributed by atoms with van der Waals surface area (Å²) >= 11 is 3.42. The Morgan fingerprint density at radius 1 is 1.06 bits per heavy atom. The number of para-hydroxylation sites is 1. The van der Waals surface area contributed by atoms with Gasteiger partial charge in [0.1, 0.15) is 5.82 Å². The molecule has 1 aliphatic rings. The van der Waals surface area contributed by atoms with Crippen molar-refractivity contribution in [3.8, 4) is 0 Å². The number of rotatable bonds is 6. The maximum atomic E-state index is 12.4. The summed E-state index contributed by atoms with van der Waals surface area (Å²) in [4.78, 5) is 19.4. The molecule has 0 atom stereocenters. The third kappa shape index (κ3) is 5.37. The van der Waals surface area contributed by atoms with Crippen LogP contribution in [0.2, 0.25) is 0 Å². The van der Waals surface area contributed by atoms with Gasteiger partial charge in [0.15, 0.2) is 0 Å². The number of benzene rings is 2. The van der Waals surface area contributed by atoms with Crippen LogP contribution in [0, 0.1) is 5.92 Å². The highest BCUT2D eigenvalue weighted by Crippen LogP contribution is 2.30. The summed E-state index contributed by atoms with van der Waals surface area (Å²) in [5.74, 6) is 1.46. The molecule has 0 radical (unpaired) electrons. The molecule has 2 N–H and O–H groups in total. The Kier molecular flexibility index (Phi) is 6.76. The second kappa shape index (κ2) is 9.69. The van der Waals surface area contributed by atoms with Gasteiger partial charge < -0.3 is 15.5 Å². The van der Waals surface area contributed by atoms with Crippen molar-refractivity contribution in [2.24, 2.45) is 5.92 Å². The lowest BCUT2D eigenvalue weighted by Crippen LogP contribution is -2.34. The van der Waals surface area contributed by atoms with Gasteiger partial charge in [-0.2, -0.15) is 0 Å². The Morgan fingerprint density at radius 2 is 1.84 bits per heavy atom. The maximum absolute atomic E-state index is 12.4. The van der Waals surface area contributed by atoms with Crippen molar-refractivity contribution in [1.82, 2.24) is 10.3 Å². The summed E-state index contributed by atoms with van der Waals surface area (Å²) in [5.41, 5.74) is 2.89. The number of aromatic nitrogens is 1. The van der Waals surface area contributed by atoms with Gasteiger partial charge in [-0.05, 0) is 55.9 Å². The molecule has 1 fully saturated rings. The van der Waals surface area contributed by atoms with E-state index in [4.69, 9.17) is 4.98 Å². The summed E-state index contributed by atoms with van der Waals surface area (Å²) in [6.07, 6.45) is 4.38. The van der Waals surface area contributed by atoms with Crippen molar-refractivity contribution in [2.45, 2.75) is 31.7 Å². The van der Waals surface area contributed by atoms with E-state index in [0.29, 0.717) is 17.5 Å². The number of carbonyl (C=O) groups excluding carboxylic acids is 1. The van der Waals surface area contributed by atoms with Crippen molar-refractivity contribution < 1.29 is 4.79 Å². The van der Waals surface area contributed by atoms with E-state index in [2.05, 4.69) is 69.8 Å². The minimum Gasteiger partial charge on any atom is -0.377 e. The molecule has 31 heavy (non-hydrogen) atoms. The molecule has 4 rings (SSSR count). The molecule has 1 saturated carbocycles. The molecule has 1 aromatic heterocycles. The van der Waals surface area contributed by atoms with Crippen molar-refractivity contribution in [2.75, 3.05) is 30.9 Å². The van der Waals surface area contributed by atoms with Crippen molar-refractivity contribution in [3.63, 3.8) is 0 Å². The third-order valence-corrected chi connectivity index (χ3v) is 6.51. The van der Waals surface area contributed by atoms with Crippen LogP contribution in [0.1, 0.15) is 36.0 Å². The van der Waals surface area contributed by atoms with Gasteiger partial charge in [0.25, 0.3) is 5.91 Å². The zero-order chi connectivity index (χ0) is 21.8. The quantitative estimate of drug-likeness (QED) is 0.491. The molecule has 162 valence electrons. The van der Waals surface area contributed by atoms with Gasteiger partial charge in [-0.25, -0.2) is 4.98 Å². The van der Waals surface area contributed by atoms with Gasteiger partial charge in [-0.3, -0.25) is 4.79 Å². The number of halogens is 1. The van der Waals surface area contributed by atoms with Crippen LogP contribution >= 0.6 is 15.9 Å². The van der Waals surface area contributed by atoms with E-state index in [1.54, 1.807) is 0 Å². The summed E-state index contributed by atoms with van der Waals surface area (Å²) < 4.78 is 0.923. The zero-order valence-electron chi connectivity index (χ0n) is 18.1. The largest absolute Gasteiger partial charge is 0.377 e. The summed E-state index contributed by atoms with van der Waals surface area (Å²) in [5, 5.41) is 7.93. The van der Waals surface area contributed by atoms with Gasteiger partial charge >= 0.3 is 0 Å². The summed E-state index contributed by atoms with van der Waals surface area (Å²) in [6.45, 7) is 0.733. The van der Waals surface area contributed by atoms with Gasteiger partial charge in [-0.15, -0.1) is 0 Å². The number of hydrogen-bond acceptors (Lipinski definition) is 4. The van der Waals surface area contributed by atoms with Crippen LogP contribution in [-0.4, -0.2) is 37.6 Å². The molecule has 1 aliphatic carbocycles. The number of amides is 1. The van der Waals surface area contributed by atoms with E-state index in [-0.39, 0.29) is 5.91 Å². The first-order chi connectivity index (χ1) is 15.0. The third-order valence-electron chi connectivity index (χ3n) is 6.01. The fraction of sp³-hybridized carbons (Fsp3) is 0.360. The Balaban J connectivity index is 1.32. The number of carbonyl (C=O) groups is 1. The Morgan fingerprint density at radius 3 is 2.58 bits per heavy atom. The fourth-order valence-corrected chi connectivity index (χ4v) is 4.69. The number of hydrogen-bond donors (Lipinski definition) is 2. The first-order valence-electron chi connectivity index (χ1n) is 10.9. The first-order valence-corrected chi connectivity index (χ1v) is 11.7. The standard InChI is InChI=1S/C25H29BrN4O/c1-30(2)23-15-24(29-22-9-4-3-8-21(22)23)28-20-12-10-17(11-13-20)16-27-25(31)18-6-5-7-19(26)14-18/h3-9,14-15,17,20H,10-13,16H2,1-2H3,(H,27,31)(H,28,29). The van der Waals surface area contributed by atoms with Crippen LogP contribution in [-0.2, 0) is 0 Å². The lowest BCUT2D eigenvalue weighted by Gasteiger charge is -2.30. The minimum absolute atomic E-state index is 0.00173. The number of anilines is 2. The van der Waals surface area contributed by atoms with Crippen LogP contribution in [0.15, 0.2) is 59.1 Å². The Labute approximate surface area is 192 Å². The molecule has 6 heteroatoms. The predicted octanol–water partition coefficient (Wildman–Crippen LogP) is 5.46. The van der Waals surface area contributed by atoms with Crippen molar-refractivity contribution >= 4 is 44.2 Å². The zero-order valence-corrected chi connectivity index (χ0v) is 19.7. The number of fused-ring (bicyclic) bond motifs is 1. The van der Waals surface area contributed by atoms with Gasteiger partial charge in [-0.1, -0.05) is 40.2 Å². The Hall–Kier alpha value is -2.60. The van der Waals surface area contributed by atoms with Gasteiger partial charge in [0.05, 0.1) is 5.52 Å². The predicted molar refractivity (Wildman–Crippen MR) is 132 cm³/mol. The molecular formula is C25H29BrN4O. The van der Waals surface area contributed by atoms with E-state index in [1.165, 1.54) is 11.1 Å². The van der Waals surface area contributed by atoms with Crippen LogP contribution in [0.25, 0.3) is 10.9 Å². The highest BCUT2D eigenvalue weighted by atomic mass is 79.9. The number of nitrogens with zero attached hydrogens (tertiary/aromatic N) is 2. The van der Waals surface area contributed by atoms with Crippen LogP contribution in [0.5, 0.6) is 0 Å². The molecule has 3 aromatic rings. The molecule has 5 nitrogen and oxygen atoms in total. The summed E-state index contributed by atoms with van der Waals surface area (Å²) in [6, 6.07) is 18.4. The van der Waals surface area contributed by atoms with Gasteiger partial charge in [0, 0.05) is 53.9 Å². The lowest BCUT2D eigenvalue weighted by molar-refractivity contribution is 0.0943. The average Bonchev–Trinajstić information content (AvgIpc) is 2.77. The number of nitrogens with one attached hydrogen (secondary N) is 2. The molecular weight excluding hydrogens is 452 g/mol. The lowest BCUT2D eigenvalue weighted by atomic mass is 9.86. The van der Waals surface area contributed by atoms with E-state index < -0.39 is 0 Å². The maximum Gasteiger partial charge on any atom is 0.251 e. The molecule has 1 amide bonds. The molecule has 0 bridgehead atoms. The second-order valence-corrected chi connectivity index (χ2v) is 9.44. The SMILES string of the molecule is CN(C)c1cc(NC2CCC(CNC(=O)c3cccc(Br)c3)CC2)nc2ccccc12. The van der Waals surface area contributed by atoms with Crippen molar-refractivity contribution in [3.05, 3.63) is 64.6 Å².